The van der Waals surface area contributed by atoms with Gasteiger partial charge < -0.3 is 4.90 Å². The van der Waals surface area contributed by atoms with Crippen LogP contribution in [0.15, 0.2) is 41.4 Å². The van der Waals surface area contributed by atoms with Crippen LogP contribution in [0.25, 0.3) is 20.8 Å². The van der Waals surface area contributed by atoms with Gasteiger partial charge in [-0.15, -0.1) is 11.3 Å². The number of fused-ring (bicyclic) bond motifs is 1. The van der Waals surface area contributed by atoms with E-state index in [-0.39, 0.29) is 23.7 Å². The number of likely N-dealkylation sites (tertiary alicyclic amines) is 1. The summed E-state index contributed by atoms with van der Waals surface area (Å²) in [7, 11) is 0. The summed E-state index contributed by atoms with van der Waals surface area (Å²) >= 11 is 1.55. The second kappa shape index (κ2) is 7.43. The molecule has 8 heteroatoms. The van der Waals surface area contributed by atoms with Gasteiger partial charge in [0.2, 0.25) is 5.91 Å². The molecule has 2 aliphatic heterocycles. The molecule has 178 valence electrons. The molecule has 7 rings (SSSR count). The fourth-order valence-electron chi connectivity index (χ4n) is 5.17. The first kappa shape index (κ1) is 21.2. The van der Waals surface area contributed by atoms with Crippen molar-refractivity contribution in [3.8, 4) is 10.6 Å². The maximum atomic E-state index is 15.5. The summed E-state index contributed by atoms with van der Waals surface area (Å²) < 4.78 is 16.6. The van der Waals surface area contributed by atoms with Crippen molar-refractivity contribution >= 4 is 39.2 Å². The highest BCUT2D eigenvalue weighted by Gasteiger charge is 2.58. The fraction of sp³-hybridized carbons (Fsp3) is 0.407. The van der Waals surface area contributed by atoms with E-state index in [1.165, 1.54) is 11.6 Å². The van der Waals surface area contributed by atoms with E-state index in [1.807, 2.05) is 30.0 Å². The number of benzene rings is 2. The number of aromatic nitrogens is 1. The van der Waals surface area contributed by atoms with Gasteiger partial charge in [0, 0.05) is 37.0 Å². The molecule has 3 aromatic rings. The highest BCUT2D eigenvalue weighted by molar-refractivity contribution is 7.21. The van der Waals surface area contributed by atoms with Crippen LogP contribution in [-0.4, -0.2) is 57.6 Å². The first-order chi connectivity index (χ1) is 16.9. The lowest BCUT2D eigenvalue weighted by molar-refractivity contribution is -0.139. The molecule has 0 bridgehead atoms. The molecule has 2 aliphatic carbocycles. The third kappa shape index (κ3) is 3.49. The molecule has 4 aliphatic rings. The van der Waals surface area contributed by atoms with Crippen LogP contribution in [0.1, 0.15) is 36.8 Å². The summed E-state index contributed by atoms with van der Waals surface area (Å²) in [6, 6.07) is 11.2. The summed E-state index contributed by atoms with van der Waals surface area (Å²) in [5.41, 5.74) is 2.45. The number of aryl methyl sites for hydroxylation is 1. The van der Waals surface area contributed by atoms with Gasteiger partial charge in [0.05, 0.1) is 15.8 Å². The van der Waals surface area contributed by atoms with Crippen LogP contribution >= 0.6 is 11.3 Å². The molecule has 1 saturated heterocycles. The summed E-state index contributed by atoms with van der Waals surface area (Å²) in [5, 5.41) is 0.769. The Morgan fingerprint density at radius 1 is 1.17 bits per heavy atom. The van der Waals surface area contributed by atoms with Gasteiger partial charge in [-0.1, -0.05) is 12.1 Å². The molecule has 2 saturated carbocycles. The summed E-state index contributed by atoms with van der Waals surface area (Å²) in [6.07, 6.45) is 3.42. The Bertz CT molecular complexity index is 1430. The lowest BCUT2D eigenvalue weighted by Gasteiger charge is -2.41. The number of amides is 2. The number of hydrogen-bond donors (Lipinski definition) is 0. The predicted octanol–water partition coefficient (Wildman–Crippen LogP) is 4.40. The molecule has 3 heterocycles. The van der Waals surface area contributed by atoms with Gasteiger partial charge in [-0.2, -0.15) is 0 Å². The van der Waals surface area contributed by atoms with Crippen LogP contribution in [-0.2, 0) is 9.59 Å². The molecule has 0 radical (unpaired) electrons. The van der Waals surface area contributed by atoms with Crippen LogP contribution in [0, 0.1) is 24.6 Å². The third-order valence-electron chi connectivity index (χ3n) is 7.58. The first-order valence-electron chi connectivity index (χ1n) is 12.3. The molecular weight excluding hydrogens is 463 g/mol. The average Bonchev–Trinajstić information content (AvgIpc) is 3.73. The van der Waals surface area contributed by atoms with Crippen molar-refractivity contribution in [2.45, 2.75) is 38.1 Å². The Balaban J connectivity index is 1.14. The van der Waals surface area contributed by atoms with Crippen molar-refractivity contribution in [3.63, 3.8) is 0 Å². The van der Waals surface area contributed by atoms with Gasteiger partial charge in [-0.3, -0.25) is 19.5 Å². The van der Waals surface area contributed by atoms with Crippen LogP contribution < -0.4 is 0 Å². The van der Waals surface area contributed by atoms with Gasteiger partial charge in [-0.05, 0) is 62.4 Å². The Morgan fingerprint density at radius 3 is 2.69 bits per heavy atom. The number of aliphatic imine (C=N–C) groups is 1. The fourth-order valence-corrected chi connectivity index (χ4v) is 6.23. The summed E-state index contributed by atoms with van der Waals surface area (Å²) in [5.74, 6) is 0.671. The van der Waals surface area contributed by atoms with Gasteiger partial charge in [-0.25, -0.2) is 9.37 Å². The molecule has 2 amide bonds. The molecule has 3 fully saturated rings. The van der Waals surface area contributed by atoms with Crippen LogP contribution in [0.3, 0.4) is 0 Å². The van der Waals surface area contributed by atoms with Crippen LogP contribution in [0.4, 0.5) is 4.39 Å². The van der Waals surface area contributed by atoms with E-state index in [0.29, 0.717) is 43.9 Å². The van der Waals surface area contributed by atoms with Crippen molar-refractivity contribution in [2.24, 2.45) is 16.8 Å². The van der Waals surface area contributed by atoms with Crippen molar-refractivity contribution in [3.05, 3.63) is 53.3 Å². The van der Waals surface area contributed by atoms with Gasteiger partial charge in [0.15, 0.2) is 0 Å². The molecule has 1 spiro atoms. The number of carbonyl (C=O) groups excluding carboxylic acids is 2. The van der Waals surface area contributed by atoms with E-state index in [0.717, 1.165) is 33.6 Å². The topological polar surface area (TPSA) is 65.9 Å². The molecular formula is C27H25FN4O2S. The third-order valence-corrected chi connectivity index (χ3v) is 8.65. The predicted molar refractivity (Wildman–Crippen MR) is 133 cm³/mol. The van der Waals surface area contributed by atoms with Crippen LogP contribution in [0.2, 0.25) is 0 Å². The quantitative estimate of drug-likeness (QED) is 0.535. The van der Waals surface area contributed by atoms with Gasteiger partial charge in [0.25, 0.3) is 5.91 Å². The number of hydrogen-bond acceptors (Lipinski definition) is 5. The number of thiazole rings is 1. The number of nitrogens with zero attached hydrogens (tertiary/aromatic N) is 4. The highest BCUT2D eigenvalue weighted by Crippen LogP contribution is 2.46. The second-order valence-corrected chi connectivity index (χ2v) is 11.5. The lowest BCUT2D eigenvalue weighted by Crippen LogP contribution is -2.55. The average molecular weight is 489 g/mol. The Hall–Kier alpha value is -3.13. The van der Waals surface area contributed by atoms with E-state index in [4.69, 9.17) is 4.99 Å². The van der Waals surface area contributed by atoms with Crippen molar-refractivity contribution in [1.29, 1.82) is 0 Å². The molecule has 0 unspecified atom stereocenters. The largest absolute Gasteiger partial charge is 0.342 e. The number of carbonyl (C=O) groups is 2. The SMILES string of the molecule is Cc1ccc2nc(-c3ccc(C4=NC5(CC5)C(=O)N4CC4CN(C(=O)C5CC5)C4)c(F)c3)sc2c1. The zero-order chi connectivity index (χ0) is 23.9. The van der Waals surface area contributed by atoms with E-state index in [1.54, 1.807) is 22.3 Å². The number of halogens is 1. The van der Waals surface area contributed by atoms with Gasteiger partial charge in [0.1, 0.15) is 22.2 Å². The number of rotatable bonds is 5. The lowest BCUT2D eigenvalue weighted by atomic mass is 9.98. The molecule has 35 heavy (non-hydrogen) atoms. The minimum Gasteiger partial charge on any atom is -0.342 e. The maximum absolute atomic E-state index is 15.5. The van der Waals surface area contributed by atoms with Crippen molar-refractivity contribution in [1.82, 2.24) is 14.8 Å². The van der Waals surface area contributed by atoms with E-state index in [9.17, 15) is 9.59 Å². The molecule has 0 atom stereocenters. The van der Waals surface area contributed by atoms with Crippen LogP contribution in [0.5, 0.6) is 0 Å². The van der Waals surface area contributed by atoms with E-state index in [2.05, 4.69) is 11.1 Å². The molecule has 2 aromatic carbocycles. The highest BCUT2D eigenvalue weighted by atomic mass is 32.1. The Kier molecular flexibility index (Phi) is 4.50. The first-order valence-corrected chi connectivity index (χ1v) is 13.1. The smallest absolute Gasteiger partial charge is 0.256 e. The Labute approximate surface area is 206 Å². The molecule has 6 nitrogen and oxygen atoms in total. The molecule has 1 aromatic heterocycles. The maximum Gasteiger partial charge on any atom is 0.256 e. The van der Waals surface area contributed by atoms with E-state index >= 15 is 4.39 Å². The summed E-state index contributed by atoms with van der Waals surface area (Å²) in [4.78, 5) is 38.5. The number of amidine groups is 1. The monoisotopic (exact) mass is 488 g/mol. The minimum absolute atomic E-state index is 0.0236. The van der Waals surface area contributed by atoms with Crippen molar-refractivity contribution in [2.75, 3.05) is 19.6 Å². The zero-order valence-corrected chi connectivity index (χ0v) is 20.3. The Morgan fingerprint density at radius 2 is 1.97 bits per heavy atom. The van der Waals surface area contributed by atoms with E-state index < -0.39 is 11.4 Å². The molecule has 0 N–H and O–H groups in total. The summed E-state index contributed by atoms with van der Waals surface area (Å²) in [6.45, 7) is 3.85. The zero-order valence-electron chi connectivity index (χ0n) is 19.5. The normalized spacial score (nSPS) is 21.1. The standard InChI is InChI=1S/C27H25FN4O2S/c1-15-2-7-21-22(10-15)35-24(29-21)18-5-6-19(20(28)11-18)23-30-27(8-9-27)26(34)32(23)14-16-12-31(13-16)25(33)17-3-4-17/h2,5-7,10-11,16-17H,3-4,8-9,12-14H2,1H3. The second-order valence-electron chi connectivity index (χ2n) is 10.5. The minimum atomic E-state index is -0.696. The van der Waals surface area contributed by atoms with Crippen molar-refractivity contribution < 1.29 is 14.0 Å². The van der Waals surface area contributed by atoms with Gasteiger partial charge >= 0.3 is 0 Å².